The third kappa shape index (κ3) is 3.06. The van der Waals surface area contributed by atoms with Gasteiger partial charge in [-0.1, -0.05) is 6.07 Å². The van der Waals surface area contributed by atoms with E-state index in [0.717, 1.165) is 29.4 Å². The predicted octanol–water partition coefficient (Wildman–Crippen LogP) is 2.50. The number of nitrogens with zero attached hydrogens (tertiary/aromatic N) is 3. The number of rotatable bonds is 4. The quantitative estimate of drug-likeness (QED) is 0.869. The first-order chi connectivity index (χ1) is 10.6. The SMILES string of the molecule is CN(C)c1ncccc1O[C@@H]1CCN(C(=O)c2cccs2)C1. The molecule has 0 saturated carbocycles. The Labute approximate surface area is 134 Å². The van der Waals surface area contributed by atoms with Crippen LogP contribution in [0.2, 0.25) is 0 Å². The average Bonchev–Trinajstić information content (AvgIpc) is 3.18. The van der Waals surface area contributed by atoms with Crippen LogP contribution in [0.15, 0.2) is 35.8 Å². The van der Waals surface area contributed by atoms with Gasteiger partial charge in [-0.3, -0.25) is 4.79 Å². The molecule has 0 unspecified atom stereocenters. The number of aromatic nitrogens is 1. The molecule has 5 nitrogen and oxygen atoms in total. The molecule has 1 amide bonds. The molecule has 1 atom stereocenters. The smallest absolute Gasteiger partial charge is 0.264 e. The van der Waals surface area contributed by atoms with Crippen LogP contribution in [0, 0.1) is 0 Å². The third-order valence-corrected chi connectivity index (χ3v) is 4.49. The number of likely N-dealkylation sites (tertiary alicyclic amines) is 1. The van der Waals surface area contributed by atoms with Crippen molar-refractivity contribution >= 4 is 23.1 Å². The van der Waals surface area contributed by atoms with Crippen LogP contribution in [0.4, 0.5) is 5.82 Å². The fourth-order valence-corrected chi connectivity index (χ4v) is 3.25. The Morgan fingerprint density at radius 3 is 3.00 bits per heavy atom. The van der Waals surface area contributed by atoms with Gasteiger partial charge in [0, 0.05) is 33.3 Å². The highest BCUT2D eigenvalue weighted by Gasteiger charge is 2.29. The van der Waals surface area contributed by atoms with E-state index in [1.165, 1.54) is 11.3 Å². The van der Waals surface area contributed by atoms with E-state index >= 15 is 0 Å². The van der Waals surface area contributed by atoms with Crippen molar-refractivity contribution in [3.63, 3.8) is 0 Å². The second-order valence-electron chi connectivity index (χ2n) is 5.48. The Morgan fingerprint density at radius 2 is 2.27 bits per heavy atom. The van der Waals surface area contributed by atoms with E-state index in [0.29, 0.717) is 6.54 Å². The van der Waals surface area contributed by atoms with Crippen molar-refractivity contribution in [2.75, 3.05) is 32.1 Å². The second kappa shape index (κ2) is 6.36. The fraction of sp³-hybridized carbons (Fsp3) is 0.375. The Kier molecular flexibility index (Phi) is 4.29. The van der Waals surface area contributed by atoms with Gasteiger partial charge in [0.05, 0.1) is 11.4 Å². The molecule has 1 aliphatic rings. The molecule has 0 bridgehead atoms. The lowest BCUT2D eigenvalue weighted by molar-refractivity contribution is 0.0777. The molecule has 116 valence electrons. The highest BCUT2D eigenvalue weighted by Crippen LogP contribution is 2.27. The van der Waals surface area contributed by atoms with E-state index in [2.05, 4.69) is 4.98 Å². The molecule has 0 aliphatic carbocycles. The van der Waals surface area contributed by atoms with Gasteiger partial charge < -0.3 is 14.5 Å². The molecule has 0 radical (unpaired) electrons. The molecule has 6 heteroatoms. The predicted molar refractivity (Wildman–Crippen MR) is 87.8 cm³/mol. The molecule has 2 aromatic rings. The monoisotopic (exact) mass is 317 g/mol. The lowest BCUT2D eigenvalue weighted by Gasteiger charge is -2.20. The topological polar surface area (TPSA) is 45.7 Å². The first kappa shape index (κ1) is 14.8. The lowest BCUT2D eigenvalue weighted by atomic mass is 10.3. The Morgan fingerprint density at radius 1 is 1.41 bits per heavy atom. The number of carbonyl (C=O) groups is 1. The summed E-state index contributed by atoms with van der Waals surface area (Å²) >= 11 is 1.48. The summed E-state index contributed by atoms with van der Waals surface area (Å²) in [6, 6.07) is 7.56. The molecular formula is C16H19N3O2S. The zero-order valence-electron chi connectivity index (χ0n) is 12.7. The van der Waals surface area contributed by atoms with Gasteiger partial charge in [-0.05, 0) is 23.6 Å². The summed E-state index contributed by atoms with van der Waals surface area (Å²) in [5.74, 6) is 1.67. The summed E-state index contributed by atoms with van der Waals surface area (Å²) in [5, 5.41) is 1.93. The minimum atomic E-state index is 0.0202. The number of ether oxygens (including phenoxy) is 1. The van der Waals surface area contributed by atoms with Crippen LogP contribution in [0.25, 0.3) is 0 Å². The zero-order chi connectivity index (χ0) is 15.5. The summed E-state index contributed by atoms with van der Waals surface area (Å²) in [6.07, 6.45) is 2.62. The van der Waals surface area contributed by atoms with Gasteiger partial charge in [0.15, 0.2) is 11.6 Å². The van der Waals surface area contributed by atoms with Crippen LogP contribution in [0.5, 0.6) is 5.75 Å². The summed E-state index contributed by atoms with van der Waals surface area (Å²) in [7, 11) is 3.88. The zero-order valence-corrected chi connectivity index (χ0v) is 13.5. The molecule has 2 aromatic heterocycles. The summed E-state index contributed by atoms with van der Waals surface area (Å²) in [5.41, 5.74) is 0. The number of hydrogen-bond donors (Lipinski definition) is 0. The first-order valence-electron chi connectivity index (χ1n) is 7.27. The molecular weight excluding hydrogens is 298 g/mol. The van der Waals surface area contributed by atoms with Gasteiger partial charge in [-0.2, -0.15) is 0 Å². The van der Waals surface area contributed by atoms with E-state index < -0.39 is 0 Å². The first-order valence-corrected chi connectivity index (χ1v) is 8.15. The standard InChI is InChI=1S/C16H19N3O2S/c1-18(2)15-13(5-3-8-17-15)21-12-7-9-19(11-12)16(20)14-6-4-10-22-14/h3-6,8,10,12H,7,9,11H2,1-2H3/t12-/m1/s1. The lowest BCUT2D eigenvalue weighted by Crippen LogP contribution is -2.30. The van der Waals surface area contributed by atoms with Gasteiger partial charge in [0.25, 0.3) is 5.91 Å². The summed E-state index contributed by atoms with van der Waals surface area (Å²) < 4.78 is 6.07. The van der Waals surface area contributed by atoms with Crippen LogP contribution < -0.4 is 9.64 Å². The van der Waals surface area contributed by atoms with Gasteiger partial charge in [-0.15, -0.1) is 11.3 Å². The van der Waals surface area contributed by atoms with Gasteiger partial charge in [0.1, 0.15) is 6.10 Å². The Bertz CT molecular complexity index is 643. The highest BCUT2D eigenvalue weighted by molar-refractivity contribution is 7.12. The molecule has 0 aromatic carbocycles. The molecule has 0 spiro atoms. The minimum absolute atomic E-state index is 0.0202. The maximum Gasteiger partial charge on any atom is 0.264 e. The maximum atomic E-state index is 12.3. The van der Waals surface area contributed by atoms with Crippen LogP contribution in [-0.2, 0) is 0 Å². The number of hydrogen-bond acceptors (Lipinski definition) is 5. The van der Waals surface area contributed by atoms with E-state index in [1.54, 1.807) is 6.20 Å². The Balaban J connectivity index is 1.65. The average molecular weight is 317 g/mol. The van der Waals surface area contributed by atoms with Crippen molar-refractivity contribution in [1.29, 1.82) is 0 Å². The van der Waals surface area contributed by atoms with Crippen LogP contribution in [0.1, 0.15) is 16.1 Å². The van der Waals surface area contributed by atoms with E-state index in [4.69, 9.17) is 4.74 Å². The molecule has 0 N–H and O–H groups in total. The van der Waals surface area contributed by atoms with Crippen molar-refractivity contribution in [1.82, 2.24) is 9.88 Å². The van der Waals surface area contributed by atoms with Crippen molar-refractivity contribution in [3.05, 3.63) is 40.7 Å². The third-order valence-electron chi connectivity index (χ3n) is 3.63. The molecule has 1 aliphatic heterocycles. The van der Waals surface area contributed by atoms with Crippen molar-refractivity contribution < 1.29 is 9.53 Å². The van der Waals surface area contributed by atoms with Crippen LogP contribution >= 0.6 is 11.3 Å². The largest absolute Gasteiger partial charge is 0.485 e. The van der Waals surface area contributed by atoms with Crippen molar-refractivity contribution in [2.24, 2.45) is 0 Å². The second-order valence-corrected chi connectivity index (χ2v) is 6.42. The van der Waals surface area contributed by atoms with Crippen LogP contribution in [0.3, 0.4) is 0 Å². The van der Waals surface area contributed by atoms with E-state index in [9.17, 15) is 4.79 Å². The van der Waals surface area contributed by atoms with Gasteiger partial charge in [-0.25, -0.2) is 4.98 Å². The number of amides is 1. The summed E-state index contributed by atoms with van der Waals surface area (Å²) in [4.78, 5) is 21.3. The normalized spacial score (nSPS) is 17.5. The molecule has 22 heavy (non-hydrogen) atoms. The number of pyridine rings is 1. The van der Waals surface area contributed by atoms with E-state index in [-0.39, 0.29) is 12.0 Å². The van der Waals surface area contributed by atoms with Crippen molar-refractivity contribution in [2.45, 2.75) is 12.5 Å². The van der Waals surface area contributed by atoms with Gasteiger partial charge in [0.2, 0.25) is 0 Å². The molecule has 1 saturated heterocycles. The van der Waals surface area contributed by atoms with Crippen LogP contribution in [-0.4, -0.2) is 49.1 Å². The minimum Gasteiger partial charge on any atom is -0.485 e. The number of thiophene rings is 1. The molecule has 3 heterocycles. The molecule has 1 fully saturated rings. The maximum absolute atomic E-state index is 12.3. The van der Waals surface area contributed by atoms with E-state index in [1.807, 2.05) is 53.5 Å². The number of carbonyl (C=O) groups excluding carboxylic acids is 1. The Hall–Kier alpha value is -2.08. The van der Waals surface area contributed by atoms with Crippen molar-refractivity contribution in [3.8, 4) is 5.75 Å². The summed E-state index contributed by atoms with van der Waals surface area (Å²) in [6.45, 7) is 1.36. The van der Waals surface area contributed by atoms with Gasteiger partial charge >= 0.3 is 0 Å². The molecule has 3 rings (SSSR count). The number of anilines is 1. The fourth-order valence-electron chi connectivity index (χ4n) is 2.55. The highest BCUT2D eigenvalue weighted by atomic mass is 32.1.